The van der Waals surface area contributed by atoms with Crippen LogP contribution in [0.2, 0.25) is 5.02 Å². The number of carbonyl (C=O) groups is 3. The van der Waals surface area contributed by atoms with E-state index in [9.17, 15) is 14.4 Å². The predicted octanol–water partition coefficient (Wildman–Crippen LogP) is 3.81. The summed E-state index contributed by atoms with van der Waals surface area (Å²) < 4.78 is 0. The first-order valence-corrected chi connectivity index (χ1v) is 10.2. The lowest BCUT2D eigenvalue weighted by Gasteiger charge is -2.27. The molecular weight excluding hydrogens is 402 g/mol. The van der Waals surface area contributed by atoms with Crippen LogP contribution in [0.3, 0.4) is 0 Å². The fourth-order valence-electron chi connectivity index (χ4n) is 3.10. The summed E-state index contributed by atoms with van der Waals surface area (Å²) in [7, 11) is 1.55. The number of para-hydroxylation sites is 1. The lowest BCUT2D eigenvalue weighted by Crippen LogP contribution is -2.51. The number of carbonyl (C=O) groups excluding carboxylic acids is 3. The molecule has 0 aliphatic rings. The molecule has 0 bridgehead atoms. The van der Waals surface area contributed by atoms with Gasteiger partial charge >= 0.3 is 0 Å². The SMILES string of the molecule is Cc1cccc(C)c1NC(=O)CN(C)C(=O)C(NC(=O)c1ccccc1Cl)C(C)C. The van der Waals surface area contributed by atoms with Crippen LogP contribution >= 0.6 is 11.6 Å². The highest BCUT2D eigenvalue weighted by atomic mass is 35.5. The maximum Gasteiger partial charge on any atom is 0.253 e. The molecule has 0 aliphatic heterocycles. The van der Waals surface area contributed by atoms with Crippen molar-refractivity contribution in [2.45, 2.75) is 33.7 Å². The zero-order valence-corrected chi connectivity index (χ0v) is 18.7. The van der Waals surface area contributed by atoms with Crippen LogP contribution in [0.15, 0.2) is 42.5 Å². The van der Waals surface area contributed by atoms with Crippen LogP contribution in [0.25, 0.3) is 0 Å². The van der Waals surface area contributed by atoms with Crippen molar-refractivity contribution >= 4 is 35.0 Å². The Morgan fingerprint density at radius 1 is 1.00 bits per heavy atom. The Hall–Kier alpha value is -2.86. The largest absolute Gasteiger partial charge is 0.340 e. The van der Waals surface area contributed by atoms with Gasteiger partial charge in [0.25, 0.3) is 5.91 Å². The molecule has 0 radical (unpaired) electrons. The zero-order chi connectivity index (χ0) is 22.4. The van der Waals surface area contributed by atoms with Gasteiger partial charge in [0.15, 0.2) is 0 Å². The number of anilines is 1. The Balaban J connectivity index is 2.06. The average Bonchev–Trinajstić information content (AvgIpc) is 2.68. The zero-order valence-electron chi connectivity index (χ0n) is 18.0. The Bertz CT molecular complexity index is 923. The van der Waals surface area contributed by atoms with Crippen molar-refractivity contribution in [2.24, 2.45) is 5.92 Å². The standard InChI is InChI=1S/C23H28ClN3O3/c1-14(2)20(26-22(29)17-11-6-7-12-18(17)24)23(30)27(5)13-19(28)25-21-15(3)9-8-10-16(21)4/h6-12,14,20H,13H2,1-5H3,(H,25,28)(H,26,29). The molecule has 2 rings (SSSR count). The lowest BCUT2D eigenvalue weighted by molar-refractivity contribution is -0.135. The highest BCUT2D eigenvalue weighted by molar-refractivity contribution is 6.33. The molecule has 0 heterocycles. The second-order valence-corrected chi connectivity index (χ2v) is 8.09. The number of nitrogens with zero attached hydrogens (tertiary/aromatic N) is 1. The number of halogens is 1. The van der Waals surface area contributed by atoms with E-state index >= 15 is 0 Å². The third-order valence-electron chi connectivity index (χ3n) is 4.84. The van der Waals surface area contributed by atoms with E-state index in [1.807, 2.05) is 45.9 Å². The van der Waals surface area contributed by atoms with Crippen molar-refractivity contribution in [2.75, 3.05) is 18.9 Å². The third-order valence-corrected chi connectivity index (χ3v) is 5.17. The first kappa shape index (κ1) is 23.4. The molecule has 0 spiro atoms. The van der Waals surface area contributed by atoms with Crippen LogP contribution in [0.5, 0.6) is 0 Å². The third kappa shape index (κ3) is 5.83. The average molecular weight is 430 g/mol. The molecular formula is C23H28ClN3O3. The second-order valence-electron chi connectivity index (χ2n) is 7.68. The van der Waals surface area contributed by atoms with Gasteiger partial charge in [0, 0.05) is 12.7 Å². The molecule has 1 atom stereocenters. The van der Waals surface area contributed by atoms with Crippen molar-refractivity contribution in [3.8, 4) is 0 Å². The maximum absolute atomic E-state index is 13.0. The smallest absolute Gasteiger partial charge is 0.253 e. The minimum atomic E-state index is -0.785. The van der Waals surface area contributed by atoms with Crippen LogP contribution in [0, 0.1) is 19.8 Å². The van der Waals surface area contributed by atoms with E-state index in [4.69, 9.17) is 11.6 Å². The summed E-state index contributed by atoms with van der Waals surface area (Å²) in [5, 5.41) is 5.93. The molecule has 30 heavy (non-hydrogen) atoms. The normalized spacial score (nSPS) is 11.7. The number of hydrogen-bond donors (Lipinski definition) is 2. The van der Waals surface area contributed by atoms with Gasteiger partial charge in [-0.15, -0.1) is 0 Å². The molecule has 1 unspecified atom stereocenters. The van der Waals surface area contributed by atoms with E-state index in [0.29, 0.717) is 10.6 Å². The summed E-state index contributed by atoms with van der Waals surface area (Å²) in [4.78, 5) is 39.4. The highest BCUT2D eigenvalue weighted by Crippen LogP contribution is 2.19. The van der Waals surface area contributed by atoms with Crippen LogP contribution < -0.4 is 10.6 Å². The number of hydrogen-bond acceptors (Lipinski definition) is 3. The summed E-state index contributed by atoms with van der Waals surface area (Å²) in [6, 6.07) is 11.6. The van der Waals surface area contributed by atoms with Crippen molar-refractivity contribution in [1.29, 1.82) is 0 Å². The summed E-state index contributed by atoms with van der Waals surface area (Å²) in [5.41, 5.74) is 2.94. The number of likely N-dealkylation sites (N-methyl/N-ethyl adjacent to an activating group) is 1. The van der Waals surface area contributed by atoms with Crippen LogP contribution in [-0.2, 0) is 9.59 Å². The maximum atomic E-state index is 13.0. The van der Waals surface area contributed by atoms with E-state index in [2.05, 4.69) is 10.6 Å². The predicted molar refractivity (Wildman–Crippen MR) is 120 cm³/mol. The van der Waals surface area contributed by atoms with Crippen molar-refractivity contribution in [1.82, 2.24) is 10.2 Å². The number of rotatable bonds is 7. The van der Waals surface area contributed by atoms with Gasteiger partial charge in [-0.2, -0.15) is 0 Å². The van der Waals surface area contributed by atoms with Gasteiger partial charge in [-0.3, -0.25) is 14.4 Å². The van der Waals surface area contributed by atoms with E-state index in [0.717, 1.165) is 16.8 Å². The minimum Gasteiger partial charge on any atom is -0.340 e. The second kappa shape index (κ2) is 10.3. The van der Waals surface area contributed by atoms with Gasteiger partial charge in [-0.1, -0.05) is 55.8 Å². The molecule has 6 nitrogen and oxygen atoms in total. The molecule has 2 aromatic rings. The molecule has 0 saturated carbocycles. The first-order chi connectivity index (χ1) is 14.1. The molecule has 3 amide bonds. The van der Waals surface area contributed by atoms with Gasteiger partial charge in [0.1, 0.15) is 6.04 Å². The summed E-state index contributed by atoms with van der Waals surface area (Å²) in [6.07, 6.45) is 0. The first-order valence-electron chi connectivity index (χ1n) is 9.78. The van der Waals surface area contributed by atoms with Crippen LogP contribution in [0.1, 0.15) is 35.3 Å². The Morgan fingerprint density at radius 3 is 2.17 bits per heavy atom. The Morgan fingerprint density at radius 2 is 1.60 bits per heavy atom. The monoisotopic (exact) mass is 429 g/mol. The topological polar surface area (TPSA) is 78.5 Å². The van der Waals surface area contributed by atoms with E-state index < -0.39 is 11.9 Å². The molecule has 2 aromatic carbocycles. The number of nitrogens with one attached hydrogen (secondary N) is 2. The fraction of sp³-hybridized carbons (Fsp3) is 0.348. The fourth-order valence-corrected chi connectivity index (χ4v) is 3.32. The minimum absolute atomic E-state index is 0.127. The van der Waals surface area contributed by atoms with E-state index in [-0.39, 0.29) is 24.3 Å². The van der Waals surface area contributed by atoms with Crippen LogP contribution in [0.4, 0.5) is 5.69 Å². The molecule has 0 saturated heterocycles. The highest BCUT2D eigenvalue weighted by Gasteiger charge is 2.28. The molecule has 0 fully saturated rings. The summed E-state index contributed by atoms with van der Waals surface area (Å²) in [6.45, 7) is 7.37. The number of aryl methyl sites for hydroxylation is 2. The Labute approximate surface area is 182 Å². The van der Waals surface area contributed by atoms with Crippen molar-refractivity contribution in [3.05, 3.63) is 64.2 Å². The Kier molecular flexibility index (Phi) is 8.00. The molecule has 0 aliphatic carbocycles. The van der Waals surface area contributed by atoms with Gasteiger partial charge in [0.05, 0.1) is 17.1 Å². The summed E-state index contributed by atoms with van der Waals surface area (Å²) in [5.74, 6) is -1.25. The lowest BCUT2D eigenvalue weighted by atomic mass is 10.0. The molecule has 0 aromatic heterocycles. The van der Waals surface area contributed by atoms with Crippen molar-refractivity contribution < 1.29 is 14.4 Å². The molecule has 160 valence electrons. The summed E-state index contributed by atoms with van der Waals surface area (Å²) >= 11 is 6.09. The number of benzene rings is 2. The molecule has 7 heteroatoms. The number of amides is 3. The van der Waals surface area contributed by atoms with Gasteiger partial charge in [-0.25, -0.2) is 0 Å². The van der Waals surface area contributed by atoms with Crippen LogP contribution in [-0.4, -0.2) is 42.3 Å². The van der Waals surface area contributed by atoms with Gasteiger partial charge < -0.3 is 15.5 Å². The van der Waals surface area contributed by atoms with Crippen molar-refractivity contribution in [3.63, 3.8) is 0 Å². The van der Waals surface area contributed by atoms with E-state index in [1.54, 1.807) is 31.3 Å². The quantitative estimate of drug-likeness (QED) is 0.702. The molecule has 2 N–H and O–H groups in total. The van der Waals surface area contributed by atoms with Gasteiger partial charge in [-0.05, 0) is 43.0 Å². The van der Waals surface area contributed by atoms with Gasteiger partial charge in [0.2, 0.25) is 11.8 Å². The van der Waals surface area contributed by atoms with E-state index in [1.165, 1.54) is 4.90 Å².